The summed E-state index contributed by atoms with van der Waals surface area (Å²) in [5.74, 6) is 6.16. The molecular weight excluding hydrogens is 200 g/mol. The molecule has 0 fully saturated rings. The van der Waals surface area contributed by atoms with Gasteiger partial charge in [-0.1, -0.05) is 0 Å². The molecule has 2 rings (SSSR count). The van der Waals surface area contributed by atoms with Gasteiger partial charge < -0.3 is 0 Å². The average molecular weight is 210 g/mol. The smallest absolute Gasteiger partial charge is 0.143 e. The number of nitrogens with one attached hydrogen (secondary N) is 2. The largest absolute Gasteiger partial charge is 0.271 e. The molecule has 2 aromatic rings. The van der Waals surface area contributed by atoms with Crippen molar-refractivity contribution in [1.29, 1.82) is 0 Å². The maximum absolute atomic E-state index is 5.43. The summed E-state index contributed by atoms with van der Waals surface area (Å²) >= 11 is 1.60. The molecule has 0 bridgehead atoms. The van der Waals surface area contributed by atoms with Gasteiger partial charge in [-0.15, -0.1) is 11.3 Å². The zero-order valence-corrected chi connectivity index (χ0v) is 8.16. The molecule has 2 aromatic heterocycles. The molecule has 14 heavy (non-hydrogen) atoms. The summed E-state index contributed by atoms with van der Waals surface area (Å²) in [7, 11) is 0. The number of H-pyrrole nitrogens is 1. The molecule has 7 heteroatoms. The number of hydrogen-bond donors (Lipinski definition) is 3. The fraction of sp³-hybridized carbons (Fsp3) is 0.286. The minimum atomic E-state index is -0.0436. The Kier molecular flexibility index (Phi) is 2.82. The van der Waals surface area contributed by atoms with E-state index in [9.17, 15) is 0 Å². The summed E-state index contributed by atoms with van der Waals surface area (Å²) in [6.07, 6.45) is 4.05. The van der Waals surface area contributed by atoms with Crippen LogP contribution in [0.4, 0.5) is 0 Å². The number of hydrazine groups is 1. The lowest BCUT2D eigenvalue weighted by molar-refractivity contribution is 0.527. The highest BCUT2D eigenvalue weighted by Crippen LogP contribution is 2.16. The first-order chi connectivity index (χ1) is 6.90. The summed E-state index contributed by atoms with van der Waals surface area (Å²) in [6, 6.07) is -0.0436. The quantitative estimate of drug-likeness (QED) is 0.488. The van der Waals surface area contributed by atoms with Crippen molar-refractivity contribution in [2.75, 3.05) is 0 Å². The summed E-state index contributed by atoms with van der Waals surface area (Å²) < 4.78 is 0. The second-order valence-electron chi connectivity index (χ2n) is 2.76. The fourth-order valence-electron chi connectivity index (χ4n) is 1.16. The van der Waals surface area contributed by atoms with E-state index in [2.05, 4.69) is 25.6 Å². The van der Waals surface area contributed by atoms with E-state index in [1.807, 2.05) is 6.20 Å². The van der Waals surface area contributed by atoms with Crippen LogP contribution in [-0.4, -0.2) is 20.2 Å². The number of nitrogens with two attached hydrogens (primary N) is 1. The molecule has 1 atom stereocenters. The summed E-state index contributed by atoms with van der Waals surface area (Å²) in [6.45, 7) is 0. The maximum atomic E-state index is 5.43. The molecule has 0 aliphatic carbocycles. The Morgan fingerprint density at radius 3 is 3.14 bits per heavy atom. The molecule has 4 N–H and O–H groups in total. The monoisotopic (exact) mass is 210 g/mol. The van der Waals surface area contributed by atoms with Gasteiger partial charge in [-0.2, -0.15) is 5.10 Å². The Morgan fingerprint density at radius 1 is 1.64 bits per heavy atom. The zero-order valence-electron chi connectivity index (χ0n) is 7.34. The predicted octanol–water partition coefficient (Wildman–Crippen LogP) is 0.00830. The fourth-order valence-corrected chi connectivity index (χ4v) is 1.80. The summed E-state index contributed by atoms with van der Waals surface area (Å²) in [5, 5.41) is 6.56. The van der Waals surface area contributed by atoms with Crippen LogP contribution in [0.15, 0.2) is 18.0 Å². The van der Waals surface area contributed by atoms with Crippen LogP contribution in [0.1, 0.15) is 16.7 Å². The SMILES string of the molecule is NNC(Cc1cncs1)c1ncn[nH]1. The highest BCUT2D eigenvalue weighted by Gasteiger charge is 2.13. The number of aromatic nitrogens is 4. The Hall–Kier alpha value is -1.31. The Labute approximate surface area is 84.6 Å². The minimum Gasteiger partial charge on any atom is -0.271 e. The normalized spacial score (nSPS) is 12.9. The average Bonchev–Trinajstić information content (AvgIpc) is 2.86. The van der Waals surface area contributed by atoms with Gasteiger partial charge in [0.15, 0.2) is 0 Å². The van der Waals surface area contributed by atoms with Gasteiger partial charge in [0.1, 0.15) is 12.2 Å². The van der Waals surface area contributed by atoms with Crippen LogP contribution in [0, 0.1) is 0 Å². The molecule has 74 valence electrons. The van der Waals surface area contributed by atoms with Gasteiger partial charge in [0.2, 0.25) is 0 Å². The van der Waals surface area contributed by atoms with Crippen molar-refractivity contribution < 1.29 is 0 Å². The number of hydrogen-bond acceptors (Lipinski definition) is 6. The molecule has 1 unspecified atom stereocenters. The molecule has 0 spiro atoms. The van der Waals surface area contributed by atoms with E-state index in [-0.39, 0.29) is 6.04 Å². The predicted molar refractivity (Wildman–Crippen MR) is 52.3 cm³/mol. The van der Waals surface area contributed by atoms with Gasteiger partial charge >= 0.3 is 0 Å². The Balaban J connectivity index is 2.08. The third-order valence-corrected chi connectivity index (χ3v) is 2.66. The van der Waals surface area contributed by atoms with Crippen LogP contribution in [0.25, 0.3) is 0 Å². The topological polar surface area (TPSA) is 92.5 Å². The van der Waals surface area contributed by atoms with E-state index in [1.165, 1.54) is 6.33 Å². The minimum absolute atomic E-state index is 0.0436. The zero-order chi connectivity index (χ0) is 9.80. The van der Waals surface area contributed by atoms with Crippen molar-refractivity contribution in [3.63, 3.8) is 0 Å². The summed E-state index contributed by atoms with van der Waals surface area (Å²) in [5.41, 5.74) is 4.48. The van der Waals surface area contributed by atoms with E-state index in [4.69, 9.17) is 5.84 Å². The lowest BCUT2D eigenvalue weighted by Crippen LogP contribution is -2.30. The molecule has 0 saturated heterocycles. The Bertz CT molecular complexity index is 355. The van der Waals surface area contributed by atoms with Crippen molar-refractivity contribution in [3.8, 4) is 0 Å². The molecule has 0 aromatic carbocycles. The Morgan fingerprint density at radius 2 is 2.57 bits per heavy atom. The molecule has 0 aliphatic rings. The highest BCUT2D eigenvalue weighted by molar-refractivity contribution is 7.09. The lowest BCUT2D eigenvalue weighted by Gasteiger charge is -2.10. The molecule has 0 aliphatic heterocycles. The number of thiazole rings is 1. The summed E-state index contributed by atoms with van der Waals surface area (Å²) in [4.78, 5) is 9.19. The standard InChI is InChI=1S/C7H10N6S/c8-12-6(7-10-3-11-13-7)1-5-2-9-4-14-5/h2-4,6,12H,1,8H2,(H,10,11,13). The van der Waals surface area contributed by atoms with E-state index in [0.717, 1.165) is 17.1 Å². The van der Waals surface area contributed by atoms with Crippen LogP contribution < -0.4 is 11.3 Å². The molecule has 6 nitrogen and oxygen atoms in total. The van der Waals surface area contributed by atoms with Crippen LogP contribution in [0.3, 0.4) is 0 Å². The van der Waals surface area contributed by atoms with Gasteiger partial charge in [-0.05, 0) is 0 Å². The third kappa shape index (κ3) is 1.95. The van der Waals surface area contributed by atoms with Gasteiger partial charge in [0.25, 0.3) is 0 Å². The first kappa shape index (κ1) is 9.25. The van der Waals surface area contributed by atoms with Crippen molar-refractivity contribution in [3.05, 3.63) is 28.7 Å². The van der Waals surface area contributed by atoms with Crippen LogP contribution in [0.2, 0.25) is 0 Å². The van der Waals surface area contributed by atoms with E-state index in [0.29, 0.717) is 0 Å². The van der Waals surface area contributed by atoms with Crippen molar-refractivity contribution in [1.82, 2.24) is 25.6 Å². The number of rotatable bonds is 4. The highest BCUT2D eigenvalue weighted by atomic mass is 32.1. The van der Waals surface area contributed by atoms with Gasteiger partial charge in [0.05, 0.1) is 11.6 Å². The first-order valence-electron chi connectivity index (χ1n) is 4.09. The second kappa shape index (κ2) is 4.27. The van der Waals surface area contributed by atoms with Gasteiger partial charge in [-0.3, -0.25) is 15.9 Å². The molecule has 0 amide bonds. The van der Waals surface area contributed by atoms with Crippen LogP contribution in [0.5, 0.6) is 0 Å². The van der Waals surface area contributed by atoms with Crippen LogP contribution in [-0.2, 0) is 6.42 Å². The molecule has 0 saturated carbocycles. The van der Waals surface area contributed by atoms with Gasteiger partial charge in [-0.25, -0.2) is 10.4 Å². The molecular formula is C7H10N6S. The first-order valence-corrected chi connectivity index (χ1v) is 4.97. The molecule has 2 heterocycles. The number of aromatic amines is 1. The lowest BCUT2D eigenvalue weighted by atomic mass is 10.2. The number of nitrogens with zero attached hydrogens (tertiary/aromatic N) is 3. The van der Waals surface area contributed by atoms with Crippen molar-refractivity contribution >= 4 is 11.3 Å². The van der Waals surface area contributed by atoms with E-state index < -0.39 is 0 Å². The van der Waals surface area contributed by atoms with Gasteiger partial charge in [0, 0.05) is 17.5 Å². The van der Waals surface area contributed by atoms with E-state index >= 15 is 0 Å². The van der Waals surface area contributed by atoms with E-state index in [1.54, 1.807) is 16.8 Å². The maximum Gasteiger partial charge on any atom is 0.143 e. The third-order valence-electron chi connectivity index (χ3n) is 1.85. The van der Waals surface area contributed by atoms with Crippen molar-refractivity contribution in [2.24, 2.45) is 5.84 Å². The van der Waals surface area contributed by atoms with Crippen molar-refractivity contribution in [2.45, 2.75) is 12.5 Å². The van der Waals surface area contributed by atoms with Crippen LogP contribution >= 0.6 is 11.3 Å². The molecule has 0 radical (unpaired) electrons. The second-order valence-corrected chi connectivity index (χ2v) is 3.73.